The number of aromatic nitrogens is 2. The summed E-state index contributed by atoms with van der Waals surface area (Å²) in [7, 11) is -1.94. The van der Waals surface area contributed by atoms with Gasteiger partial charge in [-0.05, 0) is 31.9 Å². The van der Waals surface area contributed by atoms with Gasteiger partial charge in [0.1, 0.15) is 10.7 Å². The molecule has 0 radical (unpaired) electrons. The minimum Gasteiger partial charge on any atom is -0.271 e. The van der Waals surface area contributed by atoms with Crippen molar-refractivity contribution in [2.24, 2.45) is 7.05 Å². The minimum atomic E-state index is -3.64. The Bertz CT molecular complexity index is 754. The van der Waals surface area contributed by atoms with Crippen LogP contribution >= 0.6 is 0 Å². The molecule has 7 heteroatoms. The van der Waals surface area contributed by atoms with Gasteiger partial charge in [-0.25, -0.2) is 17.5 Å². The summed E-state index contributed by atoms with van der Waals surface area (Å²) in [6.07, 6.45) is 0.296. The monoisotopic (exact) mass is 311 g/mol. The predicted octanol–water partition coefficient (Wildman–Crippen LogP) is 1.70. The Labute approximate surface area is 123 Å². The number of sulfonamides is 1. The Balaban J connectivity index is 2.11. The summed E-state index contributed by atoms with van der Waals surface area (Å²) in [6.45, 7) is 3.49. The van der Waals surface area contributed by atoms with Crippen LogP contribution in [0.2, 0.25) is 0 Å². The number of nitrogens with one attached hydrogen (secondary N) is 1. The molecule has 0 spiro atoms. The average Bonchev–Trinajstić information content (AvgIpc) is 2.66. The fourth-order valence-corrected chi connectivity index (χ4v) is 3.70. The van der Waals surface area contributed by atoms with Crippen molar-refractivity contribution in [2.45, 2.75) is 25.2 Å². The summed E-state index contributed by atoms with van der Waals surface area (Å²) in [5.74, 6) is -0.328. The molecule has 1 N–H and O–H groups in total. The van der Waals surface area contributed by atoms with Crippen LogP contribution in [0.25, 0.3) is 0 Å². The number of halogens is 1. The van der Waals surface area contributed by atoms with E-state index in [-0.39, 0.29) is 17.3 Å². The number of hydrogen-bond acceptors (Lipinski definition) is 3. The Morgan fingerprint density at radius 2 is 1.95 bits per heavy atom. The van der Waals surface area contributed by atoms with E-state index >= 15 is 0 Å². The third-order valence-corrected chi connectivity index (χ3v) is 5.07. The first kappa shape index (κ1) is 15.7. The van der Waals surface area contributed by atoms with Crippen LogP contribution in [0.15, 0.2) is 29.2 Å². The van der Waals surface area contributed by atoms with Gasteiger partial charge < -0.3 is 0 Å². The van der Waals surface area contributed by atoms with Gasteiger partial charge in [0.15, 0.2) is 0 Å². The molecular formula is C14H18FN3O2S. The van der Waals surface area contributed by atoms with Crippen LogP contribution in [-0.4, -0.2) is 24.7 Å². The van der Waals surface area contributed by atoms with Gasteiger partial charge in [-0.3, -0.25) is 4.68 Å². The molecule has 0 fully saturated rings. The van der Waals surface area contributed by atoms with Crippen molar-refractivity contribution < 1.29 is 12.8 Å². The highest BCUT2D eigenvalue weighted by molar-refractivity contribution is 7.89. The third kappa shape index (κ3) is 3.30. The molecule has 0 unspecified atom stereocenters. The molecule has 21 heavy (non-hydrogen) atoms. The lowest BCUT2D eigenvalue weighted by Gasteiger charge is -2.08. The average molecular weight is 311 g/mol. The van der Waals surface area contributed by atoms with Gasteiger partial charge in [0.05, 0.1) is 11.4 Å². The van der Waals surface area contributed by atoms with Crippen molar-refractivity contribution in [1.29, 1.82) is 0 Å². The highest BCUT2D eigenvalue weighted by atomic mass is 32.2. The zero-order chi connectivity index (χ0) is 15.6. The van der Waals surface area contributed by atoms with E-state index < -0.39 is 10.0 Å². The standard InChI is InChI=1S/C14H18FN3O2S/c1-10-14(11(2)18(3)17-10)21(19,20)16-9-8-12-6-4-5-7-13(12)15/h4-7,16H,8-9H2,1-3H3. The Kier molecular flexibility index (Phi) is 4.43. The molecule has 5 nitrogen and oxygen atoms in total. The quantitative estimate of drug-likeness (QED) is 0.914. The molecule has 0 atom stereocenters. The summed E-state index contributed by atoms with van der Waals surface area (Å²) in [5, 5.41) is 4.09. The Morgan fingerprint density at radius 3 is 2.52 bits per heavy atom. The number of rotatable bonds is 5. The SMILES string of the molecule is Cc1nn(C)c(C)c1S(=O)(=O)NCCc1ccccc1F. The molecule has 0 amide bonds. The van der Waals surface area contributed by atoms with Crippen LogP contribution in [-0.2, 0) is 23.5 Å². The summed E-state index contributed by atoms with van der Waals surface area (Å²) in [6, 6.07) is 6.33. The fourth-order valence-electron chi connectivity index (χ4n) is 2.24. The topological polar surface area (TPSA) is 64.0 Å². The van der Waals surface area contributed by atoms with E-state index in [9.17, 15) is 12.8 Å². The van der Waals surface area contributed by atoms with Gasteiger partial charge in [-0.15, -0.1) is 0 Å². The van der Waals surface area contributed by atoms with Crippen molar-refractivity contribution in [2.75, 3.05) is 6.54 Å². The van der Waals surface area contributed by atoms with Crippen molar-refractivity contribution in [3.63, 3.8) is 0 Å². The second kappa shape index (κ2) is 5.95. The zero-order valence-electron chi connectivity index (χ0n) is 12.2. The number of aryl methyl sites for hydroxylation is 2. The van der Waals surface area contributed by atoms with E-state index in [1.54, 1.807) is 39.1 Å². The number of hydrogen-bond donors (Lipinski definition) is 1. The molecule has 0 saturated carbocycles. The van der Waals surface area contributed by atoms with Crippen LogP contribution in [0, 0.1) is 19.7 Å². The van der Waals surface area contributed by atoms with Crippen LogP contribution in [0.1, 0.15) is 17.0 Å². The van der Waals surface area contributed by atoms with E-state index in [2.05, 4.69) is 9.82 Å². The molecule has 0 aliphatic carbocycles. The lowest BCUT2D eigenvalue weighted by molar-refractivity contribution is 0.576. The smallest absolute Gasteiger partial charge is 0.244 e. The molecule has 0 bridgehead atoms. The van der Waals surface area contributed by atoms with Crippen LogP contribution in [0.4, 0.5) is 4.39 Å². The zero-order valence-corrected chi connectivity index (χ0v) is 13.0. The fraction of sp³-hybridized carbons (Fsp3) is 0.357. The summed E-state index contributed by atoms with van der Waals surface area (Å²) in [5.41, 5.74) is 1.51. The van der Waals surface area contributed by atoms with Crippen molar-refractivity contribution in [1.82, 2.24) is 14.5 Å². The van der Waals surface area contributed by atoms with Crippen molar-refractivity contribution in [3.8, 4) is 0 Å². The molecule has 0 saturated heterocycles. The lowest BCUT2D eigenvalue weighted by Crippen LogP contribution is -2.27. The van der Waals surface area contributed by atoms with Crippen molar-refractivity contribution >= 4 is 10.0 Å². The van der Waals surface area contributed by atoms with E-state index in [4.69, 9.17) is 0 Å². The van der Waals surface area contributed by atoms with Crippen LogP contribution in [0.3, 0.4) is 0 Å². The van der Waals surface area contributed by atoms with E-state index in [0.29, 0.717) is 23.4 Å². The maximum absolute atomic E-state index is 13.5. The Hall–Kier alpha value is -1.73. The third-order valence-electron chi connectivity index (χ3n) is 3.36. The van der Waals surface area contributed by atoms with Crippen molar-refractivity contribution in [3.05, 3.63) is 47.0 Å². The minimum absolute atomic E-state index is 0.136. The molecule has 2 rings (SSSR count). The molecule has 114 valence electrons. The molecule has 1 aromatic carbocycles. The maximum Gasteiger partial charge on any atom is 0.244 e. The second-order valence-corrected chi connectivity index (χ2v) is 6.57. The maximum atomic E-state index is 13.5. The largest absolute Gasteiger partial charge is 0.271 e. The summed E-state index contributed by atoms with van der Waals surface area (Å²) < 4.78 is 42.1. The first-order chi connectivity index (χ1) is 9.83. The second-order valence-electron chi connectivity index (χ2n) is 4.86. The summed E-state index contributed by atoms with van der Waals surface area (Å²) in [4.78, 5) is 0.193. The summed E-state index contributed by atoms with van der Waals surface area (Å²) >= 11 is 0. The molecule has 0 aliphatic heterocycles. The highest BCUT2D eigenvalue weighted by Gasteiger charge is 2.23. The van der Waals surface area contributed by atoms with Gasteiger partial charge in [0.25, 0.3) is 0 Å². The van der Waals surface area contributed by atoms with Gasteiger partial charge in [0, 0.05) is 13.6 Å². The molecular weight excluding hydrogens is 293 g/mol. The molecule has 0 aliphatic rings. The van der Waals surface area contributed by atoms with E-state index in [1.165, 1.54) is 10.7 Å². The normalized spacial score (nSPS) is 11.8. The molecule has 2 aromatic rings. The van der Waals surface area contributed by atoms with Gasteiger partial charge in [-0.1, -0.05) is 18.2 Å². The van der Waals surface area contributed by atoms with Crippen LogP contribution in [0.5, 0.6) is 0 Å². The van der Waals surface area contributed by atoms with Gasteiger partial charge in [-0.2, -0.15) is 5.10 Å². The van der Waals surface area contributed by atoms with E-state index in [0.717, 1.165) is 0 Å². The Morgan fingerprint density at radius 1 is 1.29 bits per heavy atom. The van der Waals surface area contributed by atoms with E-state index in [1.807, 2.05) is 0 Å². The molecule has 1 heterocycles. The first-order valence-corrected chi connectivity index (χ1v) is 8.04. The van der Waals surface area contributed by atoms with Gasteiger partial charge in [0.2, 0.25) is 10.0 Å². The molecule has 1 aromatic heterocycles. The van der Waals surface area contributed by atoms with Crippen LogP contribution < -0.4 is 4.72 Å². The number of benzene rings is 1. The predicted molar refractivity (Wildman–Crippen MR) is 78.0 cm³/mol. The first-order valence-electron chi connectivity index (χ1n) is 6.56. The lowest BCUT2D eigenvalue weighted by atomic mass is 10.1. The highest BCUT2D eigenvalue weighted by Crippen LogP contribution is 2.18. The van der Waals surface area contributed by atoms with Gasteiger partial charge >= 0.3 is 0 Å². The number of nitrogens with zero attached hydrogens (tertiary/aromatic N) is 2.